The minimum Gasteiger partial charge on any atom is -0.507 e. The quantitative estimate of drug-likeness (QED) is 0.555. The highest BCUT2D eigenvalue weighted by Gasteiger charge is 2.65. The highest BCUT2D eigenvalue weighted by Crippen LogP contribution is 2.69. The van der Waals surface area contributed by atoms with E-state index in [1.807, 2.05) is 6.07 Å². The lowest BCUT2D eigenvalue weighted by Gasteiger charge is -2.43. The second kappa shape index (κ2) is 6.50. The second-order valence-corrected chi connectivity index (χ2v) is 10.7. The number of hydrogen-bond donors (Lipinski definition) is 1. The molecule has 0 saturated heterocycles. The summed E-state index contributed by atoms with van der Waals surface area (Å²) in [5.74, 6) is 0.835. The van der Waals surface area contributed by atoms with Crippen molar-refractivity contribution in [3.05, 3.63) is 29.3 Å². The van der Waals surface area contributed by atoms with Crippen LogP contribution in [-0.4, -0.2) is 18.1 Å². The standard InChI is InChI=1S/C25H35BO2/c1-6-7-8-9-11-23(2,3)17-14-19-21(20(27)15-17)18-13-16-10-12-25(18,22(28)26-19)24(16,4)5/h13-16,26-27H,6-12H2,1-5H3. The molecule has 4 rings (SSSR count). The molecule has 2 aliphatic carbocycles. The van der Waals surface area contributed by atoms with Crippen molar-refractivity contribution in [3.63, 3.8) is 0 Å². The Balaban J connectivity index is 1.71. The van der Waals surface area contributed by atoms with Crippen LogP contribution in [0, 0.1) is 16.7 Å². The topological polar surface area (TPSA) is 37.3 Å². The van der Waals surface area contributed by atoms with Gasteiger partial charge in [0.05, 0.1) is 5.41 Å². The zero-order valence-electron chi connectivity index (χ0n) is 18.3. The number of phenolic OH excluding ortho intramolecular Hbond substituents is 1. The zero-order chi connectivity index (χ0) is 20.3. The van der Waals surface area contributed by atoms with Gasteiger partial charge in [-0.1, -0.05) is 77.9 Å². The third-order valence-electron chi connectivity index (χ3n) is 8.42. The van der Waals surface area contributed by atoms with E-state index < -0.39 is 0 Å². The van der Waals surface area contributed by atoms with Gasteiger partial charge in [0.15, 0.2) is 0 Å². The van der Waals surface area contributed by atoms with E-state index in [2.05, 4.69) is 46.8 Å². The minimum atomic E-state index is -0.376. The molecule has 28 heavy (non-hydrogen) atoms. The SMILES string of the molecule is CCCCCCC(C)(C)c1cc(O)c2c(c1)BC(=O)C13CCC(C=C21)C3(C)C. The number of unbranched alkanes of at least 4 members (excludes halogenated alkanes) is 3. The van der Waals surface area contributed by atoms with Crippen molar-refractivity contribution in [2.75, 3.05) is 0 Å². The molecule has 2 atom stereocenters. The fourth-order valence-electron chi connectivity index (χ4n) is 6.42. The summed E-state index contributed by atoms with van der Waals surface area (Å²) in [7, 11) is 0.468. The summed E-state index contributed by atoms with van der Waals surface area (Å²) in [6.45, 7) is 11.3. The highest BCUT2D eigenvalue weighted by molar-refractivity contribution is 6.87. The molecule has 3 aliphatic rings. The zero-order valence-corrected chi connectivity index (χ0v) is 18.3. The molecule has 1 N–H and O–H groups in total. The Morgan fingerprint density at radius 3 is 2.64 bits per heavy atom. The first-order valence-corrected chi connectivity index (χ1v) is 11.3. The summed E-state index contributed by atoms with van der Waals surface area (Å²) in [5.41, 5.74) is 4.30. The van der Waals surface area contributed by atoms with Crippen LogP contribution >= 0.6 is 0 Å². The predicted octanol–water partition coefficient (Wildman–Crippen LogP) is 5.06. The first-order chi connectivity index (χ1) is 13.1. The first kappa shape index (κ1) is 19.8. The van der Waals surface area contributed by atoms with Crippen molar-refractivity contribution < 1.29 is 9.90 Å². The Morgan fingerprint density at radius 2 is 1.96 bits per heavy atom. The molecule has 1 spiro atoms. The van der Waals surface area contributed by atoms with E-state index in [1.165, 1.54) is 31.2 Å². The van der Waals surface area contributed by atoms with Gasteiger partial charge in [-0.25, -0.2) is 0 Å². The van der Waals surface area contributed by atoms with Gasteiger partial charge >= 0.3 is 0 Å². The summed E-state index contributed by atoms with van der Waals surface area (Å²) in [6, 6.07) is 4.21. The lowest BCUT2D eigenvalue weighted by Crippen LogP contribution is -2.50. The van der Waals surface area contributed by atoms with Gasteiger partial charge in [0.2, 0.25) is 7.28 Å². The molecule has 150 valence electrons. The molecular weight excluding hydrogens is 343 g/mol. The fourth-order valence-corrected chi connectivity index (χ4v) is 6.42. The summed E-state index contributed by atoms with van der Waals surface area (Å²) < 4.78 is 0. The van der Waals surface area contributed by atoms with Gasteiger partial charge in [0.1, 0.15) is 11.4 Å². The van der Waals surface area contributed by atoms with Crippen molar-refractivity contribution in [2.24, 2.45) is 16.7 Å². The van der Waals surface area contributed by atoms with Crippen LogP contribution in [-0.2, 0) is 10.2 Å². The summed E-state index contributed by atoms with van der Waals surface area (Å²) in [5, 5.41) is 11.1. The first-order valence-electron chi connectivity index (χ1n) is 11.3. The van der Waals surface area contributed by atoms with Crippen LogP contribution in [0.5, 0.6) is 5.75 Å². The molecule has 1 saturated carbocycles. The normalized spacial score (nSPS) is 27.2. The lowest BCUT2D eigenvalue weighted by molar-refractivity contribution is -0.121. The Bertz CT molecular complexity index is 848. The second-order valence-electron chi connectivity index (χ2n) is 10.7. The maximum Gasteiger partial charge on any atom is 0.241 e. The molecule has 0 amide bonds. The van der Waals surface area contributed by atoms with Crippen LogP contribution in [0.15, 0.2) is 18.2 Å². The van der Waals surface area contributed by atoms with E-state index >= 15 is 0 Å². The van der Waals surface area contributed by atoms with Crippen molar-refractivity contribution in [1.82, 2.24) is 0 Å². The van der Waals surface area contributed by atoms with E-state index in [9.17, 15) is 9.90 Å². The molecule has 2 unspecified atom stereocenters. The molecule has 1 fully saturated rings. The number of carbonyl (C=O) groups excluding carboxylic acids is 1. The summed E-state index contributed by atoms with van der Waals surface area (Å²) >= 11 is 0. The number of rotatable bonds is 6. The molecule has 0 aromatic heterocycles. The molecule has 2 bridgehead atoms. The lowest BCUT2D eigenvalue weighted by atomic mass is 9.44. The molecule has 1 aromatic rings. The van der Waals surface area contributed by atoms with Crippen molar-refractivity contribution in [3.8, 4) is 5.75 Å². The monoisotopic (exact) mass is 378 g/mol. The van der Waals surface area contributed by atoms with Crippen LogP contribution < -0.4 is 5.46 Å². The number of hydrogen-bond acceptors (Lipinski definition) is 2. The molecule has 1 aromatic carbocycles. The third kappa shape index (κ3) is 2.57. The van der Waals surface area contributed by atoms with Crippen molar-refractivity contribution >= 4 is 24.0 Å². The van der Waals surface area contributed by atoms with E-state index in [0.717, 1.165) is 35.9 Å². The largest absolute Gasteiger partial charge is 0.507 e. The molecular formula is C25H35BO2. The minimum absolute atomic E-state index is 0.0146. The predicted molar refractivity (Wildman–Crippen MR) is 119 cm³/mol. The van der Waals surface area contributed by atoms with Crippen LogP contribution in [0.25, 0.3) is 5.57 Å². The summed E-state index contributed by atoms with van der Waals surface area (Å²) in [4.78, 5) is 13.4. The average molecular weight is 378 g/mol. The average Bonchev–Trinajstić information content (AvgIpc) is 3.01. The Morgan fingerprint density at radius 1 is 1.21 bits per heavy atom. The van der Waals surface area contributed by atoms with E-state index in [1.54, 1.807) is 0 Å². The van der Waals surface area contributed by atoms with Crippen LogP contribution in [0.4, 0.5) is 0 Å². The third-order valence-corrected chi connectivity index (χ3v) is 8.42. The van der Waals surface area contributed by atoms with Crippen LogP contribution in [0.3, 0.4) is 0 Å². The van der Waals surface area contributed by atoms with Crippen molar-refractivity contribution in [2.45, 2.75) is 85.0 Å². The number of fused-ring (bicyclic) bond motifs is 3. The Labute approximate surface area is 171 Å². The molecule has 0 radical (unpaired) electrons. The van der Waals surface area contributed by atoms with E-state index in [0.29, 0.717) is 24.6 Å². The van der Waals surface area contributed by atoms with Gasteiger partial charge in [-0.05, 0) is 53.2 Å². The van der Waals surface area contributed by atoms with Gasteiger partial charge in [-0.2, -0.15) is 0 Å². The molecule has 3 heteroatoms. The van der Waals surface area contributed by atoms with Crippen LogP contribution in [0.1, 0.15) is 90.7 Å². The molecule has 1 heterocycles. The number of allylic oxidation sites excluding steroid dienone is 2. The van der Waals surface area contributed by atoms with Gasteiger partial charge in [0, 0.05) is 5.56 Å². The number of phenols is 1. The van der Waals surface area contributed by atoms with Crippen molar-refractivity contribution in [1.29, 1.82) is 0 Å². The van der Waals surface area contributed by atoms with Gasteiger partial charge in [-0.3, -0.25) is 0 Å². The van der Waals surface area contributed by atoms with E-state index in [-0.39, 0.29) is 16.2 Å². The van der Waals surface area contributed by atoms with Gasteiger partial charge < -0.3 is 9.90 Å². The fraction of sp³-hybridized carbons (Fsp3) is 0.640. The number of benzene rings is 1. The smallest absolute Gasteiger partial charge is 0.241 e. The van der Waals surface area contributed by atoms with Gasteiger partial charge in [-0.15, -0.1) is 0 Å². The number of aromatic hydroxyl groups is 1. The maximum atomic E-state index is 13.4. The molecule has 2 nitrogen and oxygen atoms in total. The highest BCUT2D eigenvalue weighted by atomic mass is 16.3. The van der Waals surface area contributed by atoms with Gasteiger partial charge in [0.25, 0.3) is 0 Å². The van der Waals surface area contributed by atoms with Crippen LogP contribution in [0.2, 0.25) is 0 Å². The Hall–Kier alpha value is -1.51. The maximum absolute atomic E-state index is 13.4. The Kier molecular flexibility index (Phi) is 4.60. The molecule has 1 aliphatic heterocycles. The summed E-state index contributed by atoms with van der Waals surface area (Å²) in [6.07, 6.45) is 10.5. The van der Waals surface area contributed by atoms with E-state index in [4.69, 9.17) is 0 Å². The number of carbonyl (C=O) groups is 1.